The van der Waals surface area contributed by atoms with E-state index in [2.05, 4.69) is 9.97 Å². The second-order valence-electron chi connectivity index (χ2n) is 7.34. The predicted molar refractivity (Wildman–Crippen MR) is 116 cm³/mol. The quantitative estimate of drug-likeness (QED) is 0.500. The number of nitrogens with two attached hydrogens (primary N) is 1. The Morgan fingerprint density at radius 3 is 2.43 bits per heavy atom. The van der Waals surface area contributed by atoms with Crippen molar-refractivity contribution in [2.75, 3.05) is 5.73 Å². The van der Waals surface area contributed by atoms with Crippen molar-refractivity contribution in [2.24, 2.45) is 0 Å². The van der Waals surface area contributed by atoms with Crippen LogP contribution in [0.4, 0.5) is 5.95 Å². The number of aromatic nitrogens is 3. The molecule has 0 aliphatic carbocycles. The van der Waals surface area contributed by atoms with Gasteiger partial charge in [0.1, 0.15) is 5.69 Å². The van der Waals surface area contributed by atoms with Gasteiger partial charge < -0.3 is 10.8 Å². The average Bonchev–Trinajstić information content (AvgIpc) is 3.17. The molecule has 2 aromatic carbocycles. The summed E-state index contributed by atoms with van der Waals surface area (Å²) < 4.78 is 1.48. The molecule has 0 radical (unpaired) electrons. The lowest BCUT2D eigenvalue weighted by atomic mass is 9.92. The third-order valence-electron chi connectivity index (χ3n) is 5.27. The van der Waals surface area contributed by atoms with Gasteiger partial charge in [-0.05, 0) is 34.9 Å². The molecule has 0 spiro atoms. The molecule has 1 unspecified atom stereocenters. The largest absolute Gasteiger partial charge is 0.481 e. The first-order valence-corrected chi connectivity index (χ1v) is 9.89. The van der Waals surface area contributed by atoms with Crippen LogP contribution in [0.1, 0.15) is 48.2 Å². The van der Waals surface area contributed by atoms with Crippen molar-refractivity contribution in [3.8, 4) is 0 Å². The van der Waals surface area contributed by atoms with E-state index in [1.165, 1.54) is 4.57 Å². The van der Waals surface area contributed by atoms with E-state index in [1.807, 2.05) is 31.2 Å². The van der Waals surface area contributed by atoms with Crippen LogP contribution >= 0.6 is 0 Å². The summed E-state index contributed by atoms with van der Waals surface area (Å²) in [5, 5.41) is 12.0. The fourth-order valence-electron chi connectivity index (χ4n) is 3.71. The lowest BCUT2D eigenvalue weighted by Gasteiger charge is -2.14. The van der Waals surface area contributed by atoms with Crippen LogP contribution in [-0.4, -0.2) is 31.5 Å². The molecule has 0 saturated carbocycles. The number of carbonyl (C=O) groups excluding carboxylic acids is 1. The Morgan fingerprint density at radius 1 is 1.10 bits per heavy atom. The minimum atomic E-state index is -0.885. The van der Waals surface area contributed by atoms with Gasteiger partial charge in [0, 0.05) is 17.8 Å². The molecule has 7 nitrogen and oxygen atoms in total. The summed E-state index contributed by atoms with van der Waals surface area (Å²) in [7, 11) is 0. The van der Waals surface area contributed by atoms with Crippen LogP contribution in [0.3, 0.4) is 0 Å². The molecule has 0 aliphatic rings. The van der Waals surface area contributed by atoms with E-state index >= 15 is 0 Å². The topological polar surface area (TPSA) is 111 Å². The van der Waals surface area contributed by atoms with Gasteiger partial charge in [0.2, 0.25) is 5.95 Å². The Hall–Kier alpha value is -3.74. The number of benzene rings is 2. The van der Waals surface area contributed by atoms with Gasteiger partial charge in [0.25, 0.3) is 5.91 Å². The van der Waals surface area contributed by atoms with Crippen molar-refractivity contribution >= 4 is 39.5 Å². The first-order valence-electron chi connectivity index (χ1n) is 9.89. The van der Waals surface area contributed by atoms with Crippen LogP contribution < -0.4 is 5.73 Å². The number of carbonyl (C=O) groups is 2. The zero-order valence-electron chi connectivity index (χ0n) is 16.6. The number of rotatable bonds is 6. The molecule has 0 amide bonds. The molecule has 2 aromatic heterocycles. The van der Waals surface area contributed by atoms with Gasteiger partial charge in [-0.25, -0.2) is 9.97 Å². The van der Waals surface area contributed by atoms with E-state index < -0.39 is 11.9 Å². The molecule has 1 atom stereocenters. The molecule has 0 bridgehead atoms. The number of nitrogens with zero attached hydrogens (tertiary/aromatic N) is 3. The summed E-state index contributed by atoms with van der Waals surface area (Å²) >= 11 is 0. The lowest BCUT2D eigenvalue weighted by molar-refractivity contribution is -0.139. The summed E-state index contributed by atoms with van der Waals surface area (Å²) in [6.45, 7) is 2.02. The molecular formula is C23H22N4O3. The molecule has 2 heterocycles. The first-order chi connectivity index (χ1) is 14.5. The Labute approximate surface area is 173 Å². The monoisotopic (exact) mass is 402 g/mol. The summed E-state index contributed by atoms with van der Waals surface area (Å²) in [5.74, 6) is -1.88. The highest BCUT2D eigenvalue weighted by molar-refractivity contribution is 6.07. The smallest absolute Gasteiger partial charge is 0.310 e. The molecule has 3 N–H and O–H groups in total. The summed E-state index contributed by atoms with van der Waals surface area (Å²) in [6.07, 6.45) is 5.72. The van der Waals surface area contributed by atoms with Gasteiger partial charge in [-0.3, -0.25) is 14.2 Å². The summed E-state index contributed by atoms with van der Waals surface area (Å²) in [6, 6.07) is 12.8. The number of unbranched alkanes of at least 4 members (excludes halogenated alkanes) is 1. The summed E-state index contributed by atoms with van der Waals surface area (Å²) in [4.78, 5) is 33.5. The van der Waals surface area contributed by atoms with E-state index in [0.717, 1.165) is 23.6 Å². The average molecular weight is 402 g/mol. The van der Waals surface area contributed by atoms with Crippen LogP contribution in [-0.2, 0) is 4.79 Å². The van der Waals surface area contributed by atoms with Crippen molar-refractivity contribution in [1.82, 2.24) is 14.5 Å². The Kier molecular flexibility index (Phi) is 5.18. The highest BCUT2D eigenvalue weighted by atomic mass is 16.4. The standard InChI is InChI=1S/C23H22N4O3/c1-2-3-8-17(22(29)30)14-9-10-19-18(11-14)20(26-23(24)25-19)21(28)27-12-15-6-4-5-7-16(15)13-27/h4-7,9-13,17H,2-3,8H2,1H3,(H,29,30)(H2,24,25,26). The fraction of sp³-hybridized carbons (Fsp3) is 0.217. The molecule has 0 fully saturated rings. The van der Waals surface area contributed by atoms with Crippen LogP contribution in [0.5, 0.6) is 0 Å². The third-order valence-corrected chi connectivity index (χ3v) is 5.27. The number of hydrogen-bond acceptors (Lipinski definition) is 5. The first kappa shape index (κ1) is 19.6. The maximum atomic E-state index is 13.3. The predicted octanol–water partition coefficient (Wildman–Crippen LogP) is 4.21. The second kappa shape index (κ2) is 7.94. The highest BCUT2D eigenvalue weighted by Gasteiger charge is 2.22. The van der Waals surface area contributed by atoms with Gasteiger partial charge in [-0.1, -0.05) is 50.1 Å². The van der Waals surface area contributed by atoms with E-state index in [4.69, 9.17) is 5.73 Å². The SMILES string of the molecule is CCCCC(C(=O)O)c1ccc2nc(N)nc(C(=O)n3cc4ccccc4c3)c2c1. The number of nitrogen functional groups attached to an aromatic ring is 1. The molecule has 0 saturated heterocycles. The maximum absolute atomic E-state index is 13.3. The molecule has 7 heteroatoms. The van der Waals surface area contributed by atoms with Crippen LogP contribution in [0.15, 0.2) is 54.9 Å². The third kappa shape index (κ3) is 3.61. The van der Waals surface area contributed by atoms with Crippen molar-refractivity contribution in [2.45, 2.75) is 32.1 Å². The van der Waals surface area contributed by atoms with Crippen molar-refractivity contribution in [3.05, 3.63) is 66.1 Å². The second-order valence-corrected chi connectivity index (χ2v) is 7.34. The van der Waals surface area contributed by atoms with Gasteiger partial charge in [0.15, 0.2) is 0 Å². The van der Waals surface area contributed by atoms with Crippen molar-refractivity contribution in [3.63, 3.8) is 0 Å². The minimum absolute atomic E-state index is 0.00363. The Bertz CT molecular complexity index is 1230. The Balaban J connectivity index is 1.83. The van der Waals surface area contributed by atoms with Gasteiger partial charge in [-0.15, -0.1) is 0 Å². The van der Waals surface area contributed by atoms with E-state index in [9.17, 15) is 14.7 Å². The van der Waals surface area contributed by atoms with E-state index in [-0.39, 0.29) is 17.5 Å². The molecule has 152 valence electrons. The Morgan fingerprint density at radius 2 is 1.80 bits per heavy atom. The van der Waals surface area contributed by atoms with E-state index in [0.29, 0.717) is 22.9 Å². The molecule has 30 heavy (non-hydrogen) atoms. The molecular weight excluding hydrogens is 380 g/mol. The van der Waals surface area contributed by atoms with Gasteiger partial charge in [-0.2, -0.15) is 0 Å². The number of hydrogen-bond donors (Lipinski definition) is 2. The molecule has 4 rings (SSSR count). The number of carboxylic acid groups (broad SMARTS) is 1. The zero-order chi connectivity index (χ0) is 21.3. The van der Waals surface area contributed by atoms with Crippen LogP contribution in [0, 0.1) is 0 Å². The number of anilines is 1. The molecule has 4 aromatic rings. The fourth-order valence-corrected chi connectivity index (χ4v) is 3.71. The number of carboxylic acids is 1. The number of aliphatic carboxylic acids is 1. The van der Waals surface area contributed by atoms with Gasteiger partial charge >= 0.3 is 5.97 Å². The van der Waals surface area contributed by atoms with Crippen molar-refractivity contribution < 1.29 is 14.7 Å². The zero-order valence-corrected chi connectivity index (χ0v) is 16.6. The maximum Gasteiger partial charge on any atom is 0.310 e. The van der Waals surface area contributed by atoms with Crippen LogP contribution in [0.25, 0.3) is 21.7 Å². The van der Waals surface area contributed by atoms with Gasteiger partial charge in [0.05, 0.1) is 11.4 Å². The van der Waals surface area contributed by atoms with Crippen LogP contribution in [0.2, 0.25) is 0 Å². The highest BCUT2D eigenvalue weighted by Crippen LogP contribution is 2.28. The lowest BCUT2D eigenvalue weighted by Crippen LogP contribution is -2.15. The van der Waals surface area contributed by atoms with E-state index in [1.54, 1.807) is 30.6 Å². The number of fused-ring (bicyclic) bond motifs is 2. The normalized spacial score (nSPS) is 12.3. The summed E-state index contributed by atoms with van der Waals surface area (Å²) in [5.41, 5.74) is 7.14. The van der Waals surface area contributed by atoms with Crippen molar-refractivity contribution in [1.29, 1.82) is 0 Å². The molecule has 0 aliphatic heterocycles. The minimum Gasteiger partial charge on any atom is -0.481 e.